The molecule has 0 spiro atoms. The van der Waals surface area contributed by atoms with Crippen molar-refractivity contribution in [2.45, 2.75) is 20.0 Å². The predicted molar refractivity (Wildman–Crippen MR) is 49.7 cm³/mol. The van der Waals surface area contributed by atoms with Gasteiger partial charge in [-0.2, -0.15) is 0 Å². The lowest BCUT2D eigenvalue weighted by Gasteiger charge is -1.92. The average molecular weight is 160 g/mol. The summed E-state index contributed by atoms with van der Waals surface area (Å²) in [6.07, 6.45) is -0.550. The molecule has 1 N–H and O–H groups in total. The Hall–Kier alpha value is -1.26. The van der Waals surface area contributed by atoms with Crippen LogP contribution in [0.4, 0.5) is 0 Å². The average Bonchev–Trinajstić information content (AvgIpc) is 2.01. The van der Waals surface area contributed by atoms with E-state index in [1.54, 1.807) is 6.92 Å². The van der Waals surface area contributed by atoms with Gasteiger partial charge in [-0.3, -0.25) is 0 Å². The Bertz CT molecular complexity index is 315. The van der Waals surface area contributed by atoms with Crippen LogP contribution < -0.4 is 0 Å². The van der Waals surface area contributed by atoms with E-state index >= 15 is 0 Å². The fourth-order valence-electron chi connectivity index (χ4n) is 0.911. The third-order valence-corrected chi connectivity index (χ3v) is 1.44. The van der Waals surface area contributed by atoms with Crippen molar-refractivity contribution in [3.63, 3.8) is 0 Å². The first-order valence-electron chi connectivity index (χ1n) is 3.95. The normalized spacial score (nSPS) is 11.6. The fourth-order valence-corrected chi connectivity index (χ4v) is 0.911. The third-order valence-electron chi connectivity index (χ3n) is 1.44. The summed E-state index contributed by atoms with van der Waals surface area (Å²) in [7, 11) is 0. The molecule has 0 saturated carbocycles. The van der Waals surface area contributed by atoms with E-state index in [4.69, 9.17) is 5.11 Å². The lowest BCUT2D eigenvalue weighted by Crippen LogP contribution is -1.92. The highest BCUT2D eigenvalue weighted by atomic mass is 16.3. The SMILES string of the molecule is Cc1cccc(C#C[C@H](C)O)c1. The molecule has 1 nitrogen and oxygen atoms in total. The molecule has 1 aromatic rings. The first kappa shape index (κ1) is 8.83. The Morgan fingerprint density at radius 1 is 1.42 bits per heavy atom. The molecular formula is C11H12O. The Balaban J connectivity index is 2.85. The summed E-state index contributed by atoms with van der Waals surface area (Å²) in [5.74, 6) is 5.58. The lowest BCUT2D eigenvalue weighted by atomic mass is 10.1. The van der Waals surface area contributed by atoms with Crippen LogP contribution in [0, 0.1) is 18.8 Å². The molecule has 1 heteroatoms. The van der Waals surface area contributed by atoms with Gasteiger partial charge in [-0.1, -0.05) is 24.0 Å². The van der Waals surface area contributed by atoms with E-state index in [2.05, 4.69) is 11.8 Å². The van der Waals surface area contributed by atoms with E-state index in [9.17, 15) is 0 Å². The van der Waals surface area contributed by atoms with Crippen LogP contribution in [-0.2, 0) is 0 Å². The van der Waals surface area contributed by atoms with Gasteiger partial charge >= 0.3 is 0 Å². The van der Waals surface area contributed by atoms with Crippen molar-refractivity contribution in [2.75, 3.05) is 0 Å². The van der Waals surface area contributed by atoms with Crippen molar-refractivity contribution >= 4 is 0 Å². The molecular weight excluding hydrogens is 148 g/mol. The van der Waals surface area contributed by atoms with Crippen LogP contribution in [0.1, 0.15) is 18.1 Å². The topological polar surface area (TPSA) is 20.2 Å². The lowest BCUT2D eigenvalue weighted by molar-refractivity contribution is 0.253. The van der Waals surface area contributed by atoms with E-state index in [0.29, 0.717) is 0 Å². The van der Waals surface area contributed by atoms with Crippen LogP contribution in [0.5, 0.6) is 0 Å². The highest BCUT2D eigenvalue weighted by molar-refractivity contribution is 5.37. The zero-order valence-electron chi connectivity index (χ0n) is 7.33. The van der Waals surface area contributed by atoms with Crippen LogP contribution in [0.2, 0.25) is 0 Å². The van der Waals surface area contributed by atoms with Gasteiger partial charge in [0.25, 0.3) is 0 Å². The van der Waals surface area contributed by atoms with Gasteiger partial charge in [0.2, 0.25) is 0 Å². The molecule has 0 amide bonds. The largest absolute Gasteiger partial charge is 0.381 e. The van der Waals surface area contributed by atoms with Crippen molar-refractivity contribution in [2.24, 2.45) is 0 Å². The smallest absolute Gasteiger partial charge is 0.112 e. The van der Waals surface area contributed by atoms with Gasteiger partial charge in [-0.05, 0) is 31.5 Å². The first-order chi connectivity index (χ1) is 5.68. The number of hydrogen-bond donors (Lipinski definition) is 1. The molecule has 0 unspecified atom stereocenters. The minimum absolute atomic E-state index is 0.550. The van der Waals surface area contributed by atoms with E-state index in [1.165, 1.54) is 5.56 Å². The number of hydrogen-bond acceptors (Lipinski definition) is 1. The molecule has 0 fully saturated rings. The second-order valence-corrected chi connectivity index (χ2v) is 2.81. The molecule has 0 heterocycles. The summed E-state index contributed by atoms with van der Waals surface area (Å²) >= 11 is 0. The standard InChI is InChI=1S/C11H12O/c1-9-4-3-5-11(8-9)7-6-10(2)12/h3-5,8,10,12H,1-2H3/t10-/m0/s1. The Morgan fingerprint density at radius 2 is 2.17 bits per heavy atom. The Labute approximate surface area is 73.0 Å². The molecule has 12 heavy (non-hydrogen) atoms. The Morgan fingerprint density at radius 3 is 2.75 bits per heavy atom. The maximum atomic E-state index is 8.91. The summed E-state index contributed by atoms with van der Waals surface area (Å²) < 4.78 is 0. The van der Waals surface area contributed by atoms with Crippen LogP contribution in [0.25, 0.3) is 0 Å². The maximum Gasteiger partial charge on any atom is 0.112 e. The van der Waals surface area contributed by atoms with E-state index in [1.807, 2.05) is 31.2 Å². The molecule has 0 radical (unpaired) electrons. The molecule has 0 saturated heterocycles. The minimum atomic E-state index is -0.550. The van der Waals surface area contributed by atoms with Gasteiger partial charge in [0.1, 0.15) is 6.10 Å². The first-order valence-corrected chi connectivity index (χ1v) is 3.95. The fraction of sp³-hybridized carbons (Fsp3) is 0.273. The summed E-state index contributed by atoms with van der Waals surface area (Å²) in [5.41, 5.74) is 2.14. The number of aliphatic hydroxyl groups excluding tert-OH is 1. The second-order valence-electron chi connectivity index (χ2n) is 2.81. The highest BCUT2D eigenvalue weighted by Crippen LogP contribution is 2.01. The van der Waals surface area contributed by atoms with Crippen LogP contribution in [0.3, 0.4) is 0 Å². The van der Waals surface area contributed by atoms with Crippen molar-refractivity contribution in [1.82, 2.24) is 0 Å². The number of benzene rings is 1. The summed E-state index contributed by atoms with van der Waals surface area (Å²) in [6, 6.07) is 7.91. The third kappa shape index (κ3) is 2.77. The number of aliphatic hydroxyl groups is 1. The molecule has 1 rings (SSSR count). The molecule has 0 aliphatic rings. The summed E-state index contributed by atoms with van der Waals surface area (Å²) in [5, 5.41) is 8.91. The van der Waals surface area contributed by atoms with Crippen molar-refractivity contribution in [1.29, 1.82) is 0 Å². The molecule has 0 bridgehead atoms. The van der Waals surface area contributed by atoms with Gasteiger partial charge in [0.05, 0.1) is 0 Å². The maximum absolute atomic E-state index is 8.91. The van der Waals surface area contributed by atoms with Gasteiger partial charge in [0, 0.05) is 5.56 Å². The quantitative estimate of drug-likeness (QED) is 0.573. The number of rotatable bonds is 0. The van der Waals surface area contributed by atoms with Crippen LogP contribution >= 0.6 is 0 Å². The van der Waals surface area contributed by atoms with Crippen molar-refractivity contribution < 1.29 is 5.11 Å². The van der Waals surface area contributed by atoms with Crippen LogP contribution in [0.15, 0.2) is 24.3 Å². The van der Waals surface area contributed by atoms with E-state index in [-0.39, 0.29) is 0 Å². The van der Waals surface area contributed by atoms with Crippen LogP contribution in [-0.4, -0.2) is 11.2 Å². The molecule has 1 aromatic carbocycles. The monoisotopic (exact) mass is 160 g/mol. The van der Waals surface area contributed by atoms with Gasteiger partial charge in [-0.25, -0.2) is 0 Å². The zero-order valence-corrected chi connectivity index (χ0v) is 7.33. The zero-order chi connectivity index (χ0) is 8.97. The van der Waals surface area contributed by atoms with Gasteiger partial charge < -0.3 is 5.11 Å². The van der Waals surface area contributed by atoms with E-state index in [0.717, 1.165) is 5.56 Å². The van der Waals surface area contributed by atoms with Gasteiger partial charge in [0.15, 0.2) is 0 Å². The van der Waals surface area contributed by atoms with Crippen molar-refractivity contribution in [3.8, 4) is 11.8 Å². The second kappa shape index (κ2) is 3.94. The number of aryl methyl sites for hydroxylation is 1. The molecule has 0 aliphatic carbocycles. The molecule has 0 aliphatic heterocycles. The Kier molecular flexibility index (Phi) is 2.90. The summed E-state index contributed by atoms with van der Waals surface area (Å²) in [6.45, 7) is 3.68. The van der Waals surface area contributed by atoms with Gasteiger partial charge in [-0.15, -0.1) is 0 Å². The minimum Gasteiger partial charge on any atom is -0.381 e. The summed E-state index contributed by atoms with van der Waals surface area (Å²) in [4.78, 5) is 0. The molecule has 0 aromatic heterocycles. The molecule has 1 atom stereocenters. The highest BCUT2D eigenvalue weighted by Gasteiger charge is 1.87. The predicted octanol–water partition coefficient (Wildman–Crippen LogP) is 1.73. The molecule has 62 valence electrons. The van der Waals surface area contributed by atoms with E-state index < -0.39 is 6.10 Å². The van der Waals surface area contributed by atoms with Crippen molar-refractivity contribution in [3.05, 3.63) is 35.4 Å².